The number of nitrogens with one attached hydrogen (secondary N) is 3. The van der Waals surface area contributed by atoms with Crippen LogP contribution >= 0.6 is 30.3 Å². The third-order valence-electron chi connectivity index (χ3n) is 12.7. The lowest BCUT2D eigenvalue weighted by atomic mass is 10.0. The maximum atomic E-state index is 15.0. The molecule has 2 saturated carbocycles. The molecule has 0 bridgehead atoms. The van der Waals surface area contributed by atoms with Gasteiger partial charge >= 0.3 is 6.09 Å². The lowest BCUT2D eigenvalue weighted by Crippen LogP contribution is -2.55. The molecule has 0 radical (unpaired) electrons. The van der Waals surface area contributed by atoms with Gasteiger partial charge in [0.25, 0.3) is 0 Å². The number of halogens is 3. The lowest BCUT2D eigenvalue weighted by Gasteiger charge is -2.31. The molecule has 4 N–H and O–H groups in total. The summed E-state index contributed by atoms with van der Waals surface area (Å²) >= 11 is 8.27. The number of aromatic nitrogens is 2. The molecule has 2 aromatic heterocycles. The van der Waals surface area contributed by atoms with Crippen LogP contribution in [-0.4, -0.2) is 86.9 Å². The number of benzene rings is 2. The van der Waals surface area contributed by atoms with Crippen LogP contribution in [0.3, 0.4) is 0 Å². The van der Waals surface area contributed by atoms with E-state index < -0.39 is 78.0 Å². The molecule has 19 heteroatoms. The van der Waals surface area contributed by atoms with Crippen LogP contribution in [0.15, 0.2) is 53.9 Å². The summed E-state index contributed by atoms with van der Waals surface area (Å²) in [5.74, 6) is -3.13. The van der Waals surface area contributed by atoms with Gasteiger partial charge in [0.1, 0.15) is 63.4 Å². The Kier molecular flexibility index (Phi) is 14.1. The highest BCUT2D eigenvalue weighted by Gasteiger charge is 2.66. The van der Waals surface area contributed by atoms with Crippen LogP contribution in [0.5, 0.6) is 11.5 Å². The minimum absolute atomic E-state index is 0.0396. The number of methoxy groups -OCH3 is 1. The predicted molar refractivity (Wildman–Crippen MR) is 244 cm³/mol. The molecule has 2 aliphatic heterocycles. The molecule has 6 atom stereocenters. The lowest BCUT2D eigenvalue weighted by molar-refractivity contribution is -0.140. The Hall–Kier alpha value is -4.83. The van der Waals surface area contributed by atoms with Crippen LogP contribution in [0.2, 0.25) is 5.02 Å². The summed E-state index contributed by atoms with van der Waals surface area (Å²) in [7, 11) is -3.12. The number of hydrogen-bond donors (Lipinski definition) is 4. The SMILES string of the molecule is COc1ccc2c(O[C@@H]3C[C@H]4C(=O)N[C@]5(P(=O)(O)Cc6c(F)cccc6F)C[C@H]5C=CCCCCC[C@H](NC(=O)OC5CCCC5)C(=O)N4C3)cc(-c3csc(NC(C)C)n3)nc2c1Cl. The fourth-order valence-corrected chi connectivity index (χ4v) is 12.7. The maximum absolute atomic E-state index is 15.0. The number of hydrogen-bond acceptors (Lipinski definition) is 11. The van der Waals surface area contributed by atoms with Gasteiger partial charge in [0.2, 0.25) is 19.2 Å². The quantitative estimate of drug-likeness (QED) is 0.0831. The van der Waals surface area contributed by atoms with Gasteiger partial charge in [-0.25, -0.2) is 23.5 Å². The number of carbonyl (C=O) groups is 3. The number of fused-ring (bicyclic) bond motifs is 3. The van der Waals surface area contributed by atoms with Crippen LogP contribution in [0, 0.1) is 17.6 Å². The van der Waals surface area contributed by atoms with Crippen LogP contribution in [0.1, 0.15) is 90.0 Å². The molecule has 4 aliphatic rings. The average Bonchev–Trinajstić information content (AvgIpc) is 3.68. The highest BCUT2D eigenvalue weighted by Crippen LogP contribution is 2.71. The van der Waals surface area contributed by atoms with Gasteiger partial charge in [0.15, 0.2) is 5.13 Å². The van der Waals surface area contributed by atoms with Gasteiger partial charge in [-0.2, -0.15) is 0 Å². The van der Waals surface area contributed by atoms with Gasteiger partial charge in [-0.05, 0) is 89.5 Å². The largest absolute Gasteiger partial charge is 0.495 e. The number of alkyl carbamates (subject to hydrolysis) is 1. The van der Waals surface area contributed by atoms with Gasteiger partial charge in [-0.3, -0.25) is 14.2 Å². The van der Waals surface area contributed by atoms with E-state index in [4.69, 9.17) is 35.8 Å². The Balaban J connectivity index is 1.15. The summed E-state index contributed by atoms with van der Waals surface area (Å²) in [6.45, 7) is 3.90. The normalized spacial score (nSPS) is 25.0. The summed E-state index contributed by atoms with van der Waals surface area (Å²) < 4.78 is 62.4. The topological polar surface area (TPSA) is 181 Å². The molecule has 2 aromatic carbocycles. The molecule has 4 heterocycles. The molecular weight excluding hydrogens is 901 g/mol. The average molecular weight is 955 g/mol. The van der Waals surface area contributed by atoms with Crippen molar-refractivity contribution in [2.75, 3.05) is 19.0 Å². The summed E-state index contributed by atoms with van der Waals surface area (Å²) in [6, 6.07) is 6.19. The van der Waals surface area contributed by atoms with Crippen molar-refractivity contribution in [2.24, 2.45) is 5.92 Å². The zero-order valence-electron chi connectivity index (χ0n) is 36.5. The molecule has 0 spiro atoms. The van der Waals surface area contributed by atoms with Crippen LogP contribution in [0.4, 0.5) is 18.7 Å². The Morgan fingerprint density at radius 1 is 1.05 bits per heavy atom. The second kappa shape index (κ2) is 19.6. The van der Waals surface area contributed by atoms with Crippen LogP contribution in [0.25, 0.3) is 22.3 Å². The van der Waals surface area contributed by atoms with Crippen molar-refractivity contribution < 1.29 is 46.8 Å². The van der Waals surface area contributed by atoms with Crippen molar-refractivity contribution in [2.45, 2.75) is 126 Å². The number of carbonyl (C=O) groups excluding carboxylic acids is 3. The first-order valence-corrected chi connectivity index (χ1v) is 25.3. The number of ether oxygens (including phenoxy) is 3. The Morgan fingerprint density at radius 3 is 2.54 bits per heavy atom. The zero-order valence-corrected chi connectivity index (χ0v) is 39.0. The van der Waals surface area contributed by atoms with Gasteiger partial charge in [-0.1, -0.05) is 42.7 Å². The molecule has 14 nitrogen and oxygen atoms in total. The Bertz CT molecular complexity index is 2500. The first-order valence-electron chi connectivity index (χ1n) is 22.2. The summed E-state index contributed by atoms with van der Waals surface area (Å²) in [5.41, 5.74) is 0.820. The maximum Gasteiger partial charge on any atom is 0.408 e. The molecule has 1 unspecified atom stereocenters. The molecule has 4 aromatic rings. The Labute approximate surface area is 385 Å². The number of nitrogens with zero attached hydrogens (tertiary/aromatic N) is 3. The van der Waals surface area contributed by atoms with Crippen molar-refractivity contribution in [1.82, 2.24) is 25.5 Å². The van der Waals surface area contributed by atoms with E-state index in [9.17, 15) is 32.6 Å². The monoisotopic (exact) mass is 954 g/mol. The fraction of sp³-hybridized carbons (Fsp3) is 0.500. The standard InChI is InChI=1S/C46H54ClF2N6O8PS/c1-26(2)50-44-52-36(25-65-44)35-21-39(30-18-19-38(61-3)40(47)41(30)51-35)62-29-20-37-42(56)54-46(64(59,60)24-31-32(48)15-11-16-33(31)49)22-27(46)12-7-5-4-6-8-17-34(43(57)55(37)23-29)53-45(58)63-28-13-9-10-14-28/h7,11-12,15-16,18-19,21,25-29,34,37H,4-6,8-10,13-14,17,20,22-24H2,1-3H3,(H,50,52)(H,53,58)(H,54,56)(H,59,60)/t27-,29-,34+,37+,46+/m1/s1. The highest BCUT2D eigenvalue weighted by molar-refractivity contribution is 7.59. The van der Waals surface area contributed by atoms with Gasteiger partial charge < -0.3 is 40.0 Å². The highest BCUT2D eigenvalue weighted by atomic mass is 35.5. The van der Waals surface area contributed by atoms with E-state index in [1.54, 1.807) is 24.3 Å². The van der Waals surface area contributed by atoms with Crippen LogP contribution in [-0.2, 0) is 25.1 Å². The smallest absolute Gasteiger partial charge is 0.408 e. The first-order chi connectivity index (χ1) is 31.2. The van der Waals surface area contributed by atoms with E-state index in [2.05, 4.69) is 16.0 Å². The minimum Gasteiger partial charge on any atom is -0.495 e. The van der Waals surface area contributed by atoms with E-state index in [1.807, 2.05) is 25.3 Å². The van der Waals surface area contributed by atoms with E-state index in [0.29, 0.717) is 58.2 Å². The van der Waals surface area contributed by atoms with E-state index in [-0.39, 0.29) is 43.0 Å². The summed E-state index contributed by atoms with van der Waals surface area (Å²) in [6.07, 6.45) is 7.22. The third kappa shape index (κ3) is 10.1. The van der Waals surface area contributed by atoms with Gasteiger partial charge in [-0.15, -0.1) is 11.3 Å². The number of rotatable bonds is 11. The van der Waals surface area contributed by atoms with E-state index in [1.165, 1.54) is 29.4 Å². The Morgan fingerprint density at radius 2 is 1.80 bits per heavy atom. The van der Waals surface area contributed by atoms with Crippen LogP contribution < -0.4 is 25.4 Å². The fourth-order valence-electron chi connectivity index (χ4n) is 9.17. The molecule has 3 fully saturated rings. The van der Waals surface area contributed by atoms with Crippen molar-refractivity contribution in [3.05, 3.63) is 76.2 Å². The van der Waals surface area contributed by atoms with Crippen molar-refractivity contribution in [1.29, 1.82) is 0 Å². The number of allylic oxidation sites excluding steroid dienone is 1. The molecular formula is C46H54ClF2N6O8PS. The zero-order chi connectivity index (χ0) is 46.0. The number of amides is 3. The van der Waals surface area contributed by atoms with Crippen molar-refractivity contribution >= 4 is 64.2 Å². The number of pyridine rings is 1. The molecule has 3 amide bonds. The predicted octanol–water partition coefficient (Wildman–Crippen LogP) is 9.33. The van der Waals surface area contributed by atoms with Crippen molar-refractivity contribution in [3.8, 4) is 22.9 Å². The summed E-state index contributed by atoms with van der Waals surface area (Å²) in [4.78, 5) is 65.8. The number of anilines is 1. The second-order valence-corrected chi connectivity index (χ2v) is 21.4. The molecule has 348 valence electrons. The molecule has 1 saturated heterocycles. The third-order valence-corrected chi connectivity index (χ3v) is 16.4. The molecule has 2 aliphatic carbocycles. The van der Waals surface area contributed by atoms with Crippen molar-refractivity contribution in [3.63, 3.8) is 0 Å². The van der Waals surface area contributed by atoms with E-state index in [0.717, 1.165) is 44.2 Å². The minimum atomic E-state index is -4.61. The molecule has 8 rings (SSSR count). The van der Waals surface area contributed by atoms with E-state index >= 15 is 0 Å². The second-order valence-electron chi connectivity index (χ2n) is 17.7. The first kappa shape index (κ1) is 46.7. The van der Waals surface area contributed by atoms with Gasteiger partial charge in [0.05, 0.1) is 31.0 Å². The van der Waals surface area contributed by atoms with Gasteiger partial charge in [0, 0.05) is 40.8 Å². The number of thiazole rings is 1. The molecule has 65 heavy (non-hydrogen) atoms. The summed E-state index contributed by atoms with van der Waals surface area (Å²) in [5, 5.41) is 10.5.